The SMILES string of the molecule is NC(=O)CCC(NC(=O)C(Cc1cnc[nH]1)NC(=O)C(CCC(=O)O)NC(=O)C(N)CCC(=O)O)C(=O)O. The summed E-state index contributed by atoms with van der Waals surface area (Å²) in [5.41, 5.74) is 11.1. The Balaban J connectivity index is 3.07. The van der Waals surface area contributed by atoms with Crippen LogP contribution in [-0.2, 0) is 40.0 Å². The normalized spacial score (nSPS) is 13.8. The number of carboxylic acids is 3. The first-order valence-corrected chi connectivity index (χ1v) is 11.4. The number of aliphatic carboxylic acids is 3. The minimum atomic E-state index is -1.51. The van der Waals surface area contributed by atoms with Gasteiger partial charge in [-0.15, -0.1) is 0 Å². The molecule has 11 N–H and O–H groups in total. The van der Waals surface area contributed by atoms with E-state index in [9.17, 15) is 38.7 Å². The lowest BCUT2D eigenvalue weighted by molar-refractivity contribution is -0.142. The van der Waals surface area contributed by atoms with Crippen molar-refractivity contribution < 1.29 is 48.9 Å². The maximum Gasteiger partial charge on any atom is 0.326 e. The first kappa shape index (κ1) is 31.5. The molecule has 1 heterocycles. The quantitative estimate of drug-likeness (QED) is 0.0888. The molecule has 4 atom stereocenters. The van der Waals surface area contributed by atoms with Crippen molar-refractivity contribution in [1.29, 1.82) is 0 Å². The summed E-state index contributed by atoms with van der Waals surface area (Å²) in [7, 11) is 0. The van der Waals surface area contributed by atoms with Crippen LogP contribution in [0.1, 0.15) is 44.2 Å². The van der Waals surface area contributed by atoms with Gasteiger partial charge in [-0.3, -0.25) is 28.8 Å². The van der Waals surface area contributed by atoms with Crippen molar-refractivity contribution in [2.24, 2.45) is 11.5 Å². The van der Waals surface area contributed by atoms with Gasteiger partial charge in [-0.2, -0.15) is 0 Å². The van der Waals surface area contributed by atoms with E-state index in [-0.39, 0.29) is 25.7 Å². The fourth-order valence-corrected chi connectivity index (χ4v) is 3.14. The zero-order chi connectivity index (χ0) is 28.8. The molecule has 17 nitrogen and oxygen atoms in total. The minimum Gasteiger partial charge on any atom is -0.481 e. The van der Waals surface area contributed by atoms with Crippen LogP contribution in [0.4, 0.5) is 0 Å². The van der Waals surface area contributed by atoms with E-state index in [2.05, 4.69) is 25.9 Å². The molecule has 1 aromatic heterocycles. The topological polar surface area (TPSA) is 297 Å². The average molecular weight is 542 g/mol. The van der Waals surface area contributed by atoms with E-state index >= 15 is 0 Å². The van der Waals surface area contributed by atoms with Gasteiger partial charge in [-0.25, -0.2) is 9.78 Å². The van der Waals surface area contributed by atoms with E-state index in [4.69, 9.17) is 21.7 Å². The van der Waals surface area contributed by atoms with Crippen molar-refractivity contribution in [3.05, 3.63) is 18.2 Å². The van der Waals surface area contributed by atoms with Gasteiger partial charge in [0.2, 0.25) is 23.6 Å². The van der Waals surface area contributed by atoms with E-state index in [0.717, 1.165) is 0 Å². The summed E-state index contributed by atoms with van der Waals surface area (Å²) in [5, 5.41) is 34.0. The number of hydrogen-bond donors (Lipinski definition) is 9. The van der Waals surface area contributed by atoms with Crippen LogP contribution in [0.5, 0.6) is 0 Å². The zero-order valence-electron chi connectivity index (χ0n) is 20.2. The molecule has 0 aliphatic rings. The molecular formula is C21H31N7O10. The second-order valence-electron chi connectivity index (χ2n) is 8.28. The lowest BCUT2D eigenvalue weighted by Crippen LogP contribution is -2.57. The lowest BCUT2D eigenvalue weighted by Gasteiger charge is -2.25. The number of rotatable bonds is 18. The summed E-state index contributed by atoms with van der Waals surface area (Å²) in [5.74, 6) is -7.56. The zero-order valence-corrected chi connectivity index (χ0v) is 20.2. The molecule has 210 valence electrons. The number of carboxylic acid groups (broad SMARTS) is 3. The highest BCUT2D eigenvalue weighted by Gasteiger charge is 2.31. The highest BCUT2D eigenvalue weighted by Crippen LogP contribution is 2.06. The number of nitrogens with two attached hydrogens (primary N) is 2. The van der Waals surface area contributed by atoms with Crippen LogP contribution in [-0.4, -0.2) is 91.0 Å². The number of nitrogens with one attached hydrogen (secondary N) is 4. The summed E-state index contributed by atoms with van der Waals surface area (Å²) in [6.07, 6.45) is 0.188. The Morgan fingerprint density at radius 2 is 1.32 bits per heavy atom. The van der Waals surface area contributed by atoms with Crippen LogP contribution in [0, 0.1) is 0 Å². The Morgan fingerprint density at radius 1 is 0.789 bits per heavy atom. The number of aromatic nitrogens is 2. The highest BCUT2D eigenvalue weighted by molar-refractivity contribution is 5.94. The fourth-order valence-electron chi connectivity index (χ4n) is 3.14. The van der Waals surface area contributed by atoms with E-state index < -0.39 is 85.0 Å². The van der Waals surface area contributed by atoms with Crippen LogP contribution in [0.3, 0.4) is 0 Å². The molecule has 4 amide bonds. The van der Waals surface area contributed by atoms with E-state index in [1.54, 1.807) is 0 Å². The van der Waals surface area contributed by atoms with Crippen molar-refractivity contribution in [3.8, 4) is 0 Å². The predicted octanol–water partition coefficient (Wildman–Crippen LogP) is -3.19. The molecule has 0 aliphatic carbocycles. The minimum absolute atomic E-state index is 0.197. The first-order chi connectivity index (χ1) is 17.8. The molecule has 0 saturated carbocycles. The first-order valence-electron chi connectivity index (χ1n) is 11.4. The van der Waals surface area contributed by atoms with Gasteiger partial charge in [0.25, 0.3) is 0 Å². The van der Waals surface area contributed by atoms with Crippen LogP contribution < -0.4 is 27.4 Å². The monoisotopic (exact) mass is 541 g/mol. The third kappa shape index (κ3) is 11.9. The Morgan fingerprint density at radius 3 is 1.84 bits per heavy atom. The number of hydrogen-bond acceptors (Lipinski definition) is 9. The predicted molar refractivity (Wildman–Crippen MR) is 126 cm³/mol. The Labute approximate surface area is 215 Å². The molecule has 1 aromatic rings. The third-order valence-corrected chi connectivity index (χ3v) is 5.19. The number of carbonyl (C=O) groups is 7. The third-order valence-electron chi connectivity index (χ3n) is 5.19. The number of carbonyl (C=O) groups excluding carboxylic acids is 4. The summed E-state index contributed by atoms with van der Waals surface area (Å²) < 4.78 is 0. The smallest absolute Gasteiger partial charge is 0.326 e. The summed E-state index contributed by atoms with van der Waals surface area (Å²) >= 11 is 0. The number of imidazole rings is 1. The molecule has 0 aliphatic heterocycles. The summed E-state index contributed by atoms with van der Waals surface area (Å²) in [4.78, 5) is 89.2. The Bertz CT molecular complexity index is 1010. The van der Waals surface area contributed by atoms with Crippen molar-refractivity contribution in [2.45, 2.75) is 69.1 Å². The van der Waals surface area contributed by atoms with Crippen LogP contribution in [0.25, 0.3) is 0 Å². The van der Waals surface area contributed by atoms with Crippen molar-refractivity contribution in [1.82, 2.24) is 25.9 Å². The van der Waals surface area contributed by atoms with E-state index in [0.29, 0.717) is 5.69 Å². The summed E-state index contributed by atoms with van der Waals surface area (Å²) in [6.45, 7) is 0. The molecule has 1 rings (SSSR count). The van der Waals surface area contributed by atoms with Gasteiger partial charge in [0, 0.05) is 37.6 Å². The van der Waals surface area contributed by atoms with Crippen LogP contribution >= 0.6 is 0 Å². The van der Waals surface area contributed by atoms with Crippen molar-refractivity contribution in [2.75, 3.05) is 0 Å². The molecule has 4 unspecified atom stereocenters. The number of H-pyrrole nitrogens is 1. The standard InChI is InChI=1S/C21H31N7O10/c22-11(1-5-16(30)31)18(34)26-12(3-6-17(32)33)19(35)28-14(7-10-8-24-9-25-10)20(36)27-13(21(37)38)2-4-15(23)29/h8-9,11-14H,1-7,22H2,(H2,23,29)(H,24,25)(H,26,34)(H,27,36)(H,28,35)(H,30,31)(H,32,33)(H,37,38). The Hall–Kier alpha value is -4.54. The van der Waals surface area contributed by atoms with Gasteiger partial charge < -0.3 is 47.7 Å². The lowest BCUT2D eigenvalue weighted by atomic mass is 10.1. The maximum absolute atomic E-state index is 13.0. The molecule has 0 saturated heterocycles. The van der Waals surface area contributed by atoms with Gasteiger partial charge in [0.1, 0.15) is 18.1 Å². The van der Waals surface area contributed by atoms with E-state index in [1.165, 1.54) is 12.5 Å². The molecule has 0 spiro atoms. The second-order valence-corrected chi connectivity index (χ2v) is 8.28. The van der Waals surface area contributed by atoms with Crippen molar-refractivity contribution in [3.63, 3.8) is 0 Å². The molecule has 0 aromatic carbocycles. The number of amides is 4. The largest absolute Gasteiger partial charge is 0.481 e. The van der Waals surface area contributed by atoms with Gasteiger partial charge in [0.15, 0.2) is 0 Å². The average Bonchev–Trinajstić information content (AvgIpc) is 3.34. The number of primary amides is 1. The molecule has 38 heavy (non-hydrogen) atoms. The molecule has 0 radical (unpaired) electrons. The van der Waals surface area contributed by atoms with Gasteiger partial charge >= 0.3 is 17.9 Å². The molecule has 0 fully saturated rings. The maximum atomic E-state index is 13.0. The van der Waals surface area contributed by atoms with Gasteiger partial charge in [-0.1, -0.05) is 0 Å². The molecule has 17 heteroatoms. The number of aromatic amines is 1. The Kier molecular flexibility index (Phi) is 12.9. The highest BCUT2D eigenvalue weighted by atomic mass is 16.4. The van der Waals surface area contributed by atoms with E-state index in [1.807, 2.05) is 0 Å². The summed E-state index contributed by atoms with van der Waals surface area (Å²) in [6, 6.07) is -5.71. The van der Waals surface area contributed by atoms with Gasteiger partial charge in [0.05, 0.1) is 12.4 Å². The number of nitrogens with zero attached hydrogens (tertiary/aromatic N) is 1. The van der Waals surface area contributed by atoms with Crippen molar-refractivity contribution >= 4 is 41.5 Å². The second kappa shape index (κ2) is 15.5. The van der Waals surface area contributed by atoms with Crippen LogP contribution in [0.2, 0.25) is 0 Å². The molecular weight excluding hydrogens is 510 g/mol. The molecule has 0 bridgehead atoms. The fraction of sp³-hybridized carbons (Fsp3) is 0.524. The van der Waals surface area contributed by atoms with Gasteiger partial charge in [-0.05, 0) is 19.3 Å². The van der Waals surface area contributed by atoms with Crippen LogP contribution in [0.15, 0.2) is 12.5 Å².